The minimum Gasteiger partial charge on any atom is -0.465 e. The van der Waals surface area contributed by atoms with Gasteiger partial charge in [0.05, 0.1) is 17.6 Å². The molecule has 0 fully saturated rings. The second-order valence-corrected chi connectivity index (χ2v) is 4.32. The maximum atomic E-state index is 11.8. The van der Waals surface area contributed by atoms with E-state index in [9.17, 15) is 9.70 Å². The van der Waals surface area contributed by atoms with Crippen molar-refractivity contribution < 1.29 is 19.3 Å². The lowest BCUT2D eigenvalue weighted by Gasteiger charge is -2.15. The Hall–Kier alpha value is -2.11. The number of methoxy groups -OCH3 is 1. The molecule has 0 amide bonds. The average molecular weight is 281 g/mol. The predicted octanol–water partition coefficient (Wildman–Crippen LogP) is 3.05. The Labute approximate surface area is 118 Å². The summed E-state index contributed by atoms with van der Waals surface area (Å²) in [6.07, 6.45) is 1.86. The highest BCUT2D eigenvalue weighted by atomic mass is 16.8. The Bertz CT molecular complexity index is 484. The van der Waals surface area contributed by atoms with E-state index in [0.29, 0.717) is 16.2 Å². The molecule has 1 aromatic carbocycles. The maximum Gasteiger partial charge on any atom is 0.340 e. The van der Waals surface area contributed by atoms with Gasteiger partial charge in [-0.1, -0.05) is 13.8 Å². The minimum atomic E-state index is -0.496. The van der Waals surface area contributed by atoms with Crippen molar-refractivity contribution in [1.29, 1.82) is 0 Å². The van der Waals surface area contributed by atoms with E-state index in [4.69, 9.17) is 0 Å². The summed E-state index contributed by atoms with van der Waals surface area (Å²) in [6, 6.07) is 5.00. The Morgan fingerprint density at radius 3 is 2.45 bits per heavy atom. The van der Waals surface area contributed by atoms with Crippen LogP contribution in [0.4, 0.5) is 11.4 Å². The van der Waals surface area contributed by atoms with E-state index in [0.717, 1.165) is 12.8 Å². The molecule has 0 spiro atoms. The fourth-order valence-corrected chi connectivity index (χ4v) is 1.86. The molecule has 0 heterocycles. The van der Waals surface area contributed by atoms with Crippen molar-refractivity contribution in [2.45, 2.75) is 32.7 Å². The number of nitrogens with zero attached hydrogens (tertiary/aromatic N) is 1. The third-order valence-corrected chi connectivity index (χ3v) is 3.13. The zero-order chi connectivity index (χ0) is 15.1. The molecule has 0 unspecified atom stereocenters. The van der Waals surface area contributed by atoms with Crippen molar-refractivity contribution in [3.05, 3.63) is 28.7 Å². The van der Waals surface area contributed by atoms with Crippen LogP contribution in [0.1, 0.15) is 37.0 Å². The Kier molecular flexibility index (Phi) is 5.96. The average Bonchev–Trinajstić information content (AvgIpc) is 2.50. The lowest BCUT2D eigenvalue weighted by atomic mass is 10.1. The smallest absolute Gasteiger partial charge is 0.340 e. The van der Waals surface area contributed by atoms with Crippen molar-refractivity contribution >= 4 is 17.3 Å². The van der Waals surface area contributed by atoms with Crippen molar-refractivity contribution in [3.8, 4) is 0 Å². The second-order valence-electron chi connectivity index (χ2n) is 4.32. The van der Waals surface area contributed by atoms with E-state index in [-0.39, 0.29) is 11.7 Å². The normalized spacial score (nSPS) is 10.2. The van der Waals surface area contributed by atoms with Crippen LogP contribution in [0.2, 0.25) is 0 Å². The molecule has 0 aromatic heterocycles. The molecule has 6 nitrogen and oxygen atoms in total. The Morgan fingerprint density at radius 2 is 1.95 bits per heavy atom. The number of ether oxygens (including phenoxy) is 1. The highest BCUT2D eigenvalue weighted by Gasteiger charge is 2.24. The van der Waals surface area contributed by atoms with Crippen molar-refractivity contribution in [2.75, 3.05) is 19.5 Å². The molecule has 0 atom stereocenters. The molecule has 20 heavy (non-hydrogen) atoms. The first-order chi connectivity index (χ1) is 9.57. The molecule has 0 saturated heterocycles. The summed E-state index contributed by atoms with van der Waals surface area (Å²) < 4.78 is 4.65. The number of carbonyl (C=O) groups is 1. The third kappa shape index (κ3) is 3.69. The lowest BCUT2D eigenvalue weighted by molar-refractivity contribution is -0.736. The molecule has 0 radical (unpaired) electrons. The molecule has 110 valence electrons. The van der Waals surface area contributed by atoms with Crippen molar-refractivity contribution in [2.24, 2.45) is 0 Å². The van der Waals surface area contributed by atoms with Gasteiger partial charge in [0.2, 0.25) is 0 Å². The Morgan fingerprint density at radius 1 is 1.30 bits per heavy atom. The fraction of sp³-hybridized carbons (Fsp3) is 0.500. The number of nitrogens with one attached hydrogen (secondary N) is 1. The van der Waals surface area contributed by atoms with Gasteiger partial charge in [-0.2, -0.15) is 0 Å². The number of hydrogen-bond acceptors (Lipinski definition) is 5. The van der Waals surface area contributed by atoms with Gasteiger partial charge in [0.1, 0.15) is 5.69 Å². The summed E-state index contributed by atoms with van der Waals surface area (Å²) in [5, 5.41) is 3.27. The standard InChI is InChI=1S/C14H20N2O4/c1-5-11(6-2)15-12-8-7-10(14(17)19-3)9-13(12)16(18)20-4/h7-9,11H,5-6H2,1-4H3/p+1. The minimum absolute atomic E-state index is 0.252. The lowest BCUT2D eigenvalue weighted by Crippen LogP contribution is -2.18. The molecule has 0 aliphatic rings. The number of rotatable bonds is 7. The monoisotopic (exact) mass is 281 g/mol. The fourth-order valence-electron chi connectivity index (χ4n) is 1.86. The van der Waals surface area contributed by atoms with E-state index < -0.39 is 5.97 Å². The van der Waals surface area contributed by atoms with Gasteiger partial charge in [0, 0.05) is 12.1 Å². The van der Waals surface area contributed by atoms with Crippen LogP contribution < -0.4 is 5.32 Å². The van der Waals surface area contributed by atoms with Gasteiger partial charge in [-0.05, 0) is 25.0 Å². The van der Waals surface area contributed by atoms with Crippen molar-refractivity contribution in [3.63, 3.8) is 0 Å². The Balaban J connectivity index is 3.16. The van der Waals surface area contributed by atoms with Gasteiger partial charge in [0.25, 0.3) is 4.92 Å². The molecule has 1 N–H and O–H groups in total. The zero-order valence-electron chi connectivity index (χ0n) is 12.3. The number of carbonyl (C=O) groups excluding carboxylic acids is 1. The van der Waals surface area contributed by atoms with Gasteiger partial charge in [-0.25, -0.2) is 9.63 Å². The van der Waals surface area contributed by atoms with Crippen LogP contribution in [0.3, 0.4) is 0 Å². The molecule has 6 heteroatoms. The summed E-state index contributed by atoms with van der Waals surface area (Å²) in [6.45, 7) is 4.13. The van der Waals surface area contributed by atoms with Crippen LogP contribution in [0.15, 0.2) is 18.2 Å². The topological polar surface area (TPSA) is 67.6 Å². The van der Waals surface area contributed by atoms with Gasteiger partial charge in [-0.15, -0.1) is 0 Å². The second kappa shape index (κ2) is 7.47. The third-order valence-electron chi connectivity index (χ3n) is 3.13. The first kappa shape index (κ1) is 15.9. The predicted molar refractivity (Wildman–Crippen MR) is 76.1 cm³/mol. The first-order valence-corrected chi connectivity index (χ1v) is 6.57. The number of hydrogen-bond donors (Lipinski definition) is 1. The van der Waals surface area contributed by atoms with E-state index in [1.165, 1.54) is 20.3 Å². The van der Waals surface area contributed by atoms with Gasteiger partial charge < -0.3 is 10.1 Å². The molecular formula is C14H21N2O4+. The van der Waals surface area contributed by atoms with Crippen LogP contribution >= 0.6 is 0 Å². The van der Waals surface area contributed by atoms with Gasteiger partial charge in [0.15, 0.2) is 7.11 Å². The summed E-state index contributed by atoms with van der Waals surface area (Å²) in [7, 11) is 2.57. The molecule has 0 bridgehead atoms. The SMILES string of the molecule is CCC(CC)Nc1ccc(C(=O)OC)cc1[N+](=O)OC. The summed E-state index contributed by atoms with van der Waals surface area (Å²) in [4.78, 5) is 28.3. The summed E-state index contributed by atoms with van der Waals surface area (Å²) >= 11 is 0. The zero-order valence-corrected chi connectivity index (χ0v) is 12.3. The van der Waals surface area contributed by atoms with E-state index >= 15 is 0 Å². The van der Waals surface area contributed by atoms with Crippen LogP contribution in [-0.2, 0) is 9.57 Å². The van der Waals surface area contributed by atoms with Gasteiger partial charge in [-0.3, -0.25) is 0 Å². The van der Waals surface area contributed by atoms with E-state index in [2.05, 4.69) is 28.7 Å². The van der Waals surface area contributed by atoms with Crippen LogP contribution in [0.5, 0.6) is 0 Å². The molecule has 0 saturated carbocycles. The molecule has 1 aromatic rings. The van der Waals surface area contributed by atoms with E-state index in [1.54, 1.807) is 12.1 Å². The highest BCUT2D eigenvalue weighted by Crippen LogP contribution is 2.27. The van der Waals surface area contributed by atoms with Crippen LogP contribution in [0, 0.1) is 4.91 Å². The molecule has 0 aliphatic carbocycles. The number of anilines is 1. The van der Waals surface area contributed by atoms with Crippen molar-refractivity contribution in [1.82, 2.24) is 0 Å². The first-order valence-electron chi connectivity index (χ1n) is 6.57. The molecule has 0 aliphatic heterocycles. The number of esters is 1. The van der Waals surface area contributed by atoms with E-state index in [1.807, 2.05) is 0 Å². The molecular weight excluding hydrogens is 260 g/mol. The molecule has 1 rings (SSSR count). The van der Waals surface area contributed by atoms with Gasteiger partial charge >= 0.3 is 11.7 Å². The summed E-state index contributed by atoms with van der Waals surface area (Å²) in [5.74, 6) is -0.496. The highest BCUT2D eigenvalue weighted by molar-refractivity contribution is 5.91. The maximum absolute atomic E-state index is 11.8. The van der Waals surface area contributed by atoms with Crippen LogP contribution in [0.25, 0.3) is 0 Å². The number of benzene rings is 1. The van der Waals surface area contributed by atoms with Crippen LogP contribution in [-0.4, -0.2) is 31.2 Å². The summed E-state index contributed by atoms with van der Waals surface area (Å²) in [5.41, 5.74) is 1.18. The quantitative estimate of drug-likeness (QED) is 0.614. The largest absolute Gasteiger partial charge is 0.465 e.